The van der Waals surface area contributed by atoms with Gasteiger partial charge in [-0.2, -0.15) is 0 Å². The van der Waals surface area contributed by atoms with Crippen LogP contribution in [-0.4, -0.2) is 26.4 Å². The smallest absolute Gasteiger partial charge is 0.444 e. The summed E-state index contributed by atoms with van der Waals surface area (Å²) in [7, 11) is 2.70. The van der Waals surface area contributed by atoms with Crippen LogP contribution in [0.1, 0.15) is 11.3 Å². The second kappa shape index (κ2) is 8.89. The van der Waals surface area contributed by atoms with Crippen LogP contribution in [0.5, 0.6) is 5.75 Å². The second-order valence-electron chi connectivity index (χ2n) is 7.60. The van der Waals surface area contributed by atoms with Crippen molar-refractivity contribution in [2.24, 2.45) is 14.1 Å². The van der Waals surface area contributed by atoms with Crippen LogP contribution in [0, 0.1) is 18.6 Å². The summed E-state index contributed by atoms with van der Waals surface area (Å²) in [5, 5.41) is 3.77. The first kappa shape index (κ1) is 25.1. The molecule has 0 aliphatic heterocycles. The Kier molecular flexibility index (Phi) is 6.20. The lowest BCUT2D eigenvalue weighted by Gasteiger charge is -2.10. The molecule has 0 radical (unpaired) electrons. The van der Waals surface area contributed by atoms with E-state index >= 15 is 0 Å². The van der Waals surface area contributed by atoms with Crippen LogP contribution in [-0.2, 0) is 25.3 Å². The van der Waals surface area contributed by atoms with Crippen LogP contribution in [0.25, 0.3) is 22.4 Å². The highest BCUT2D eigenvalue weighted by atomic mass is 32.1. The van der Waals surface area contributed by atoms with Crippen molar-refractivity contribution in [3.8, 4) is 17.0 Å². The Morgan fingerprint density at radius 2 is 1.86 bits per heavy atom. The number of hydrogen-bond acceptors (Lipinski definition) is 7. The Hall–Kier alpha value is -4.01. The van der Waals surface area contributed by atoms with Gasteiger partial charge < -0.3 is 14.5 Å². The minimum Gasteiger partial charge on any atom is -0.444 e. The van der Waals surface area contributed by atoms with Crippen molar-refractivity contribution < 1.29 is 35.9 Å². The number of hydrogen-bond donors (Lipinski definition) is 1. The highest BCUT2D eigenvalue weighted by Gasteiger charge is 2.33. The number of carbonyl (C=O) groups excluding carboxylic acids is 1. The van der Waals surface area contributed by atoms with Crippen LogP contribution in [0.4, 0.5) is 27.1 Å². The number of nitrogens with zero attached hydrogens (tertiary/aromatic N) is 3. The van der Waals surface area contributed by atoms with E-state index in [0.717, 1.165) is 20.5 Å². The number of furan rings is 1. The van der Waals surface area contributed by atoms with Crippen molar-refractivity contribution in [2.45, 2.75) is 19.7 Å². The molecule has 3 aromatic heterocycles. The molecule has 0 aliphatic rings. The lowest BCUT2D eigenvalue weighted by Crippen LogP contribution is -2.36. The highest BCUT2D eigenvalue weighted by molar-refractivity contribution is 7.14. The Labute approximate surface area is 201 Å². The van der Waals surface area contributed by atoms with E-state index in [1.807, 2.05) is 0 Å². The number of rotatable bonds is 5. The summed E-state index contributed by atoms with van der Waals surface area (Å²) in [5.41, 5.74) is -1.56. The summed E-state index contributed by atoms with van der Waals surface area (Å²) in [6, 6.07) is 0.744. The number of aryl methyl sites for hydroxylation is 2. The average Bonchev–Trinajstić information content (AvgIpc) is 3.36. The third-order valence-electron chi connectivity index (χ3n) is 5.20. The van der Waals surface area contributed by atoms with Crippen molar-refractivity contribution in [2.75, 3.05) is 5.32 Å². The number of halogens is 5. The number of benzene rings is 1. The summed E-state index contributed by atoms with van der Waals surface area (Å²) >= 11 is 0.854. The van der Waals surface area contributed by atoms with Gasteiger partial charge in [0.25, 0.3) is 5.56 Å². The standard InChI is InChI=1S/C21H15F5N4O5S/c1-8-9(16-17(32)29(2)20(33)30(3)18(16)34-8)5-15(31)28-19-27-13(7-36-19)10-4-12(23)14(6-11(10)22)35-21(24,25)26/h4,6-7H,5H2,1-3H3,(H,27,28,31). The molecule has 0 atom stereocenters. The Balaban J connectivity index is 1.58. The third kappa shape index (κ3) is 4.60. The van der Waals surface area contributed by atoms with Crippen molar-refractivity contribution in [3.05, 3.63) is 61.3 Å². The molecule has 0 aliphatic carbocycles. The summed E-state index contributed by atoms with van der Waals surface area (Å²) in [6.45, 7) is 1.53. The number of carbonyl (C=O) groups is 1. The van der Waals surface area contributed by atoms with E-state index in [4.69, 9.17) is 4.42 Å². The van der Waals surface area contributed by atoms with Gasteiger partial charge in [0, 0.05) is 36.7 Å². The van der Waals surface area contributed by atoms with Gasteiger partial charge in [-0.1, -0.05) is 0 Å². The Morgan fingerprint density at radius 3 is 2.53 bits per heavy atom. The fraction of sp³-hybridized carbons (Fsp3) is 0.238. The monoisotopic (exact) mass is 530 g/mol. The first-order valence-electron chi connectivity index (χ1n) is 9.95. The zero-order valence-corrected chi connectivity index (χ0v) is 19.4. The molecule has 0 spiro atoms. The normalized spacial score (nSPS) is 11.8. The molecule has 4 aromatic rings. The molecule has 0 bridgehead atoms. The molecular formula is C21H15F5N4O5S. The first-order valence-corrected chi connectivity index (χ1v) is 10.8. The molecule has 0 fully saturated rings. The fourth-order valence-corrected chi connectivity index (χ4v) is 4.23. The van der Waals surface area contributed by atoms with Gasteiger partial charge in [0.2, 0.25) is 11.6 Å². The predicted octanol–water partition coefficient (Wildman–Crippen LogP) is 3.62. The molecule has 0 saturated heterocycles. The molecule has 36 heavy (non-hydrogen) atoms. The van der Waals surface area contributed by atoms with Gasteiger partial charge in [0.05, 0.1) is 12.1 Å². The second-order valence-corrected chi connectivity index (χ2v) is 8.45. The minimum atomic E-state index is -5.20. The molecule has 190 valence electrons. The van der Waals surface area contributed by atoms with Gasteiger partial charge in [-0.05, 0) is 13.0 Å². The Morgan fingerprint density at radius 1 is 1.17 bits per heavy atom. The molecular weight excluding hydrogens is 515 g/mol. The quantitative estimate of drug-likeness (QED) is 0.395. The Bertz CT molecular complexity index is 1630. The van der Waals surface area contributed by atoms with Gasteiger partial charge in [0.15, 0.2) is 16.7 Å². The number of anilines is 1. The van der Waals surface area contributed by atoms with Crippen LogP contribution < -0.4 is 21.3 Å². The molecule has 1 amide bonds. The topological polar surface area (TPSA) is 108 Å². The number of amides is 1. The number of alkyl halides is 3. The number of ether oxygens (including phenoxy) is 1. The first-order chi connectivity index (χ1) is 16.8. The molecule has 15 heteroatoms. The molecule has 4 rings (SSSR count). The van der Waals surface area contributed by atoms with Gasteiger partial charge in [0.1, 0.15) is 17.0 Å². The molecule has 0 saturated carbocycles. The predicted molar refractivity (Wildman–Crippen MR) is 118 cm³/mol. The lowest BCUT2D eigenvalue weighted by atomic mass is 10.1. The maximum absolute atomic E-state index is 14.3. The molecule has 9 nitrogen and oxygen atoms in total. The number of thiazole rings is 1. The lowest BCUT2D eigenvalue weighted by molar-refractivity contribution is -0.275. The summed E-state index contributed by atoms with van der Waals surface area (Å²) < 4.78 is 76.3. The zero-order valence-electron chi connectivity index (χ0n) is 18.6. The van der Waals surface area contributed by atoms with Crippen LogP contribution in [0.2, 0.25) is 0 Å². The molecule has 0 unspecified atom stereocenters. The van der Waals surface area contributed by atoms with Crippen molar-refractivity contribution in [3.63, 3.8) is 0 Å². The van der Waals surface area contributed by atoms with Gasteiger partial charge in [-0.3, -0.25) is 18.7 Å². The van der Waals surface area contributed by atoms with Crippen LogP contribution in [0.3, 0.4) is 0 Å². The van der Waals surface area contributed by atoms with Crippen LogP contribution in [0.15, 0.2) is 31.5 Å². The number of fused-ring (bicyclic) bond motifs is 1. The maximum atomic E-state index is 14.3. The molecule has 3 heterocycles. The summed E-state index contributed by atoms with van der Waals surface area (Å²) in [6.07, 6.45) is -5.53. The third-order valence-corrected chi connectivity index (χ3v) is 5.96. The maximum Gasteiger partial charge on any atom is 0.573 e. The molecule has 1 aromatic carbocycles. The van der Waals surface area contributed by atoms with E-state index in [2.05, 4.69) is 15.0 Å². The largest absolute Gasteiger partial charge is 0.573 e. The SMILES string of the molecule is Cc1oc2c(c1CC(=O)Nc1nc(-c3cc(F)c(OC(F)(F)F)cc3F)cs1)c(=O)n(C)c(=O)n2C. The molecule has 1 N–H and O–H groups in total. The van der Waals surface area contributed by atoms with E-state index in [1.54, 1.807) is 0 Å². The highest BCUT2D eigenvalue weighted by Crippen LogP contribution is 2.33. The van der Waals surface area contributed by atoms with Gasteiger partial charge in [-0.25, -0.2) is 18.6 Å². The van der Waals surface area contributed by atoms with E-state index in [-0.39, 0.29) is 45.7 Å². The van der Waals surface area contributed by atoms with Crippen molar-refractivity contribution in [1.82, 2.24) is 14.1 Å². The van der Waals surface area contributed by atoms with Crippen LogP contribution >= 0.6 is 11.3 Å². The van der Waals surface area contributed by atoms with Gasteiger partial charge in [-0.15, -0.1) is 24.5 Å². The van der Waals surface area contributed by atoms with E-state index in [1.165, 1.54) is 26.4 Å². The summed E-state index contributed by atoms with van der Waals surface area (Å²) in [4.78, 5) is 41.3. The fourth-order valence-electron chi connectivity index (χ4n) is 3.51. The minimum absolute atomic E-state index is 0.00962. The van der Waals surface area contributed by atoms with Crippen molar-refractivity contribution in [1.29, 1.82) is 0 Å². The number of nitrogens with one attached hydrogen (secondary N) is 1. The average molecular weight is 530 g/mol. The summed E-state index contributed by atoms with van der Waals surface area (Å²) in [5.74, 6) is -4.39. The van der Waals surface area contributed by atoms with E-state index < -0.39 is 46.5 Å². The van der Waals surface area contributed by atoms with E-state index in [9.17, 15) is 36.3 Å². The zero-order chi connectivity index (χ0) is 26.5. The van der Waals surface area contributed by atoms with E-state index in [0.29, 0.717) is 6.07 Å². The van der Waals surface area contributed by atoms with Crippen molar-refractivity contribution >= 4 is 33.5 Å². The van der Waals surface area contributed by atoms with Gasteiger partial charge >= 0.3 is 12.1 Å². The number of aromatic nitrogens is 3.